The van der Waals surface area contributed by atoms with Crippen LogP contribution in [0.2, 0.25) is 0 Å². The number of nitriles is 1. The van der Waals surface area contributed by atoms with Crippen LogP contribution in [-0.2, 0) is 0 Å². The van der Waals surface area contributed by atoms with Gasteiger partial charge in [0.2, 0.25) is 5.95 Å². The Bertz CT molecular complexity index is 1000. The summed E-state index contributed by atoms with van der Waals surface area (Å²) in [5.41, 5.74) is 3.52. The van der Waals surface area contributed by atoms with Gasteiger partial charge >= 0.3 is 0 Å². The van der Waals surface area contributed by atoms with Crippen molar-refractivity contribution in [3.63, 3.8) is 0 Å². The smallest absolute Gasteiger partial charge is 0.249 e. The molecule has 0 fully saturated rings. The summed E-state index contributed by atoms with van der Waals surface area (Å²) >= 11 is 0. The average Bonchev–Trinajstić information content (AvgIpc) is 2.94. The summed E-state index contributed by atoms with van der Waals surface area (Å²) in [7, 11) is 0. The maximum absolute atomic E-state index is 13.5. The quantitative estimate of drug-likeness (QED) is 0.397. The molecule has 0 saturated carbocycles. The Labute approximate surface area is 135 Å². The molecule has 24 heavy (non-hydrogen) atoms. The molecule has 4 nitrogen and oxygen atoms in total. The predicted molar refractivity (Wildman–Crippen MR) is 83.2 cm³/mol. The summed E-state index contributed by atoms with van der Waals surface area (Å²) in [6.07, 6.45) is 3.28. The Hall–Kier alpha value is -3.46. The predicted octanol–water partition coefficient (Wildman–Crippen LogP) is 3.61. The van der Waals surface area contributed by atoms with Crippen molar-refractivity contribution in [3.05, 3.63) is 77.4 Å². The van der Waals surface area contributed by atoms with Gasteiger partial charge in [-0.2, -0.15) is 9.65 Å². The molecule has 0 saturated heterocycles. The molecule has 0 radical (unpaired) electrons. The number of rotatable bonds is 1. The van der Waals surface area contributed by atoms with Gasteiger partial charge < -0.3 is 0 Å². The molecular weight excluding hydrogens is 310 g/mol. The highest BCUT2D eigenvalue weighted by atomic mass is 19.2. The lowest BCUT2D eigenvalue weighted by Crippen LogP contribution is -1.97. The van der Waals surface area contributed by atoms with Crippen LogP contribution < -0.4 is 0 Å². The fraction of sp³-hybridized carbons (Fsp3) is 0. The summed E-state index contributed by atoms with van der Waals surface area (Å²) in [5, 5.41) is 9.65. The standard InChI is InChI=1S/C18H8F2N4/c19-13-5-6-14(24-18(13)20)12(9-21)15-10-3-1-7-22-16(10)17-11(15)4-2-8-23-17/h1-8H. The van der Waals surface area contributed by atoms with E-state index in [-0.39, 0.29) is 11.3 Å². The lowest BCUT2D eigenvalue weighted by atomic mass is 9.97. The van der Waals surface area contributed by atoms with Gasteiger partial charge in [0.05, 0.1) is 22.7 Å². The van der Waals surface area contributed by atoms with E-state index in [1.807, 2.05) is 12.1 Å². The number of hydrogen-bond acceptors (Lipinski definition) is 4. The molecule has 0 spiro atoms. The second-order valence-corrected chi connectivity index (χ2v) is 5.13. The zero-order valence-corrected chi connectivity index (χ0v) is 12.2. The van der Waals surface area contributed by atoms with E-state index in [9.17, 15) is 14.0 Å². The van der Waals surface area contributed by atoms with Crippen molar-refractivity contribution >= 4 is 11.1 Å². The first kappa shape index (κ1) is 14.2. The van der Waals surface area contributed by atoms with Crippen LogP contribution in [0.5, 0.6) is 0 Å². The molecule has 3 aromatic rings. The van der Waals surface area contributed by atoms with Crippen LogP contribution in [0.25, 0.3) is 22.5 Å². The first-order valence-corrected chi connectivity index (χ1v) is 7.08. The fourth-order valence-electron chi connectivity index (χ4n) is 2.80. The van der Waals surface area contributed by atoms with Crippen molar-refractivity contribution in [2.45, 2.75) is 0 Å². The van der Waals surface area contributed by atoms with Crippen LogP contribution >= 0.6 is 0 Å². The van der Waals surface area contributed by atoms with Crippen molar-refractivity contribution in [1.82, 2.24) is 15.0 Å². The molecule has 6 heteroatoms. The van der Waals surface area contributed by atoms with Gasteiger partial charge in [0.25, 0.3) is 0 Å². The molecule has 0 bridgehead atoms. The van der Waals surface area contributed by atoms with Crippen LogP contribution in [0.15, 0.2) is 48.8 Å². The van der Waals surface area contributed by atoms with E-state index >= 15 is 0 Å². The van der Waals surface area contributed by atoms with Crippen molar-refractivity contribution < 1.29 is 8.78 Å². The van der Waals surface area contributed by atoms with Gasteiger partial charge in [-0.1, -0.05) is 12.1 Å². The number of fused-ring (bicyclic) bond motifs is 3. The Morgan fingerprint density at radius 2 is 1.54 bits per heavy atom. The summed E-state index contributed by atoms with van der Waals surface area (Å²) in [5.74, 6) is -2.30. The second-order valence-electron chi connectivity index (χ2n) is 5.13. The number of pyridine rings is 3. The first-order valence-electron chi connectivity index (χ1n) is 7.08. The molecule has 1 aliphatic carbocycles. The Kier molecular flexibility index (Phi) is 3.14. The zero-order chi connectivity index (χ0) is 16.7. The van der Waals surface area contributed by atoms with Crippen LogP contribution in [0.3, 0.4) is 0 Å². The van der Waals surface area contributed by atoms with Crippen molar-refractivity contribution in [2.75, 3.05) is 0 Å². The molecule has 3 aromatic heterocycles. The Balaban J connectivity index is 2.07. The molecule has 3 heterocycles. The minimum absolute atomic E-state index is 0.0675. The van der Waals surface area contributed by atoms with E-state index in [4.69, 9.17) is 0 Å². The van der Waals surface area contributed by atoms with Gasteiger partial charge in [0.1, 0.15) is 6.07 Å². The summed E-state index contributed by atoms with van der Waals surface area (Å²) in [4.78, 5) is 12.2. The van der Waals surface area contributed by atoms with Crippen molar-refractivity contribution in [1.29, 1.82) is 5.26 Å². The number of aromatic nitrogens is 3. The van der Waals surface area contributed by atoms with Gasteiger partial charge in [-0.25, -0.2) is 9.37 Å². The van der Waals surface area contributed by atoms with Crippen LogP contribution in [0.1, 0.15) is 16.8 Å². The van der Waals surface area contributed by atoms with Gasteiger partial charge in [-0.15, -0.1) is 0 Å². The molecule has 0 unspecified atom stereocenters. The minimum atomic E-state index is -1.24. The number of halogens is 2. The normalized spacial score (nSPS) is 11.6. The zero-order valence-electron chi connectivity index (χ0n) is 12.2. The summed E-state index contributed by atoms with van der Waals surface area (Å²) < 4.78 is 26.7. The monoisotopic (exact) mass is 318 g/mol. The highest BCUT2D eigenvalue weighted by Gasteiger charge is 2.29. The topological polar surface area (TPSA) is 62.5 Å². The maximum Gasteiger partial charge on any atom is 0.249 e. The number of hydrogen-bond donors (Lipinski definition) is 0. The molecule has 0 atom stereocenters. The number of nitrogens with zero attached hydrogens (tertiary/aromatic N) is 4. The van der Waals surface area contributed by atoms with E-state index < -0.39 is 11.8 Å². The molecule has 4 rings (SSSR count). The third kappa shape index (κ3) is 1.99. The third-order valence-corrected chi connectivity index (χ3v) is 3.80. The van der Waals surface area contributed by atoms with Gasteiger partial charge in [-0.05, 0) is 24.3 Å². The fourth-order valence-corrected chi connectivity index (χ4v) is 2.80. The first-order chi connectivity index (χ1) is 11.7. The van der Waals surface area contributed by atoms with Gasteiger partial charge in [0.15, 0.2) is 5.82 Å². The maximum atomic E-state index is 13.5. The summed E-state index contributed by atoms with van der Waals surface area (Å²) in [6.45, 7) is 0. The van der Waals surface area contributed by atoms with E-state index in [0.29, 0.717) is 28.1 Å². The molecule has 0 amide bonds. The lowest BCUT2D eigenvalue weighted by molar-refractivity contribution is 0.478. The summed E-state index contributed by atoms with van der Waals surface area (Å²) in [6, 6.07) is 11.4. The highest BCUT2D eigenvalue weighted by molar-refractivity contribution is 6.11. The molecule has 1 aliphatic rings. The van der Waals surface area contributed by atoms with Gasteiger partial charge in [0, 0.05) is 29.1 Å². The largest absolute Gasteiger partial charge is 0.254 e. The Morgan fingerprint density at radius 3 is 2.08 bits per heavy atom. The van der Waals surface area contributed by atoms with Crippen LogP contribution in [-0.4, -0.2) is 15.0 Å². The third-order valence-electron chi connectivity index (χ3n) is 3.80. The van der Waals surface area contributed by atoms with Crippen LogP contribution in [0.4, 0.5) is 8.78 Å². The van der Waals surface area contributed by atoms with E-state index in [2.05, 4.69) is 21.0 Å². The molecule has 0 N–H and O–H groups in total. The van der Waals surface area contributed by atoms with E-state index in [1.54, 1.807) is 24.5 Å². The van der Waals surface area contributed by atoms with Crippen molar-refractivity contribution in [3.8, 4) is 17.5 Å². The minimum Gasteiger partial charge on any atom is -0.254 e. The SMILES string of the molecule is N#CC(=C1c2cccnc2-c2ncccc21)c1ccc(F)c(F)n1. The van der Waals surface area contributed by atoms with E-state index in [1.165, 1.54) is 6.07 Å². The Morgan fingerprint density at radius 1 is 0.917 bits per heavy atom. The highest BCUT2D eigenvalue weighted by Crippen LogP contribution is 2.44. The number of allylic oxidation sites excluding steroid dienone is 1. The van der Waals surface area contributed by atoms with Gasteiger partial charge in [-0.3, -0.25) is 9.97 Å². The van der Waals surface area contributed by atoms with Crippen LogP contribution in [0, 0.1) is 23.1 Å². The average molecular weight is 318 g/mol. The molecule has 114 valence electrons. The lowest BCUT2D eigenvalue weighted by Gasteiger charge is -2.06. The van der Waals surface area contributed by atoms with E-state index in [0.717, 1.165) is 6.07 Å². The van der Waals surface area contributed by atoms with Crippen molar-refractivity contribution in [2.24, 2.45) is 0 Å². The molecular formula is C18H8F2N4. The molecule has 0 aromatic carbocycles. The second kappa shape index (κ2) is 5.32. The molecule has 0 aliphatic heterocycles.